The molecular formula is C22H30N8O4Si. The molecule has 0 unspecified atom stereocenters. The third-order valence-electron chi connectivity index (χ3n) is 5.69. The summed E-state index contributed by atoms with van der Waals surface area (Å²) in [4.78, 5) is 20.1. The van der Waals surface area contributed by atoms with Crippen LogP contribution in [0.25, 0.3) is 11.0 Å². The Balaban J connectivity index is 1.62. The topological polar surface area (TPSA) is 152 Å². The first kappa shape index (κ1) is 24.5. The molecule has 0 radical (unpaired) electrons. The van der Waals surface area contributed by atoms with Crippen LogP contribution in [0.1, 0.15) is 18.4 Å². The maximum Gasteiger partial charge on any atom is 0.404 e. The summed E-state index contributed by atoms with van der Waals surface area (Å²) in [5, 5.41) is 29.0. The lowest BCUT2D eigenvalue weighted by molar-refractivity contribution is 0.0807. The molecule has 1 fully saturated rings. The van der Waals surface area contributed by atoms with E-state index in [2.05, 4.69) is 51.4 Å². The molecule has 35 heavy (non-hydrogen) atoms. The number of hydrogen-bond acceptors (Lipinski definition) is 8. The highest BCUT2D eigenvalue weighted by Crippen LogP contribution is 2.34. The zero-order valence-corrected chi connectivity index (χ0v) is 21.3. The number of carbonyl (C=O) groups is 1. The van der Waals surface area contributed by atoms with Gasteiger partial charge in [-0.15, -0.1) is 0 Å². The zero-order valence-electron chi connectivity index (χ0n) is 20.3. The Morgan fingerprint density at radius 2 is 2.09 bits per heavy atom. The minimum absolute atomic E-state index is 0.164. The molecule has 1 aliphatic rings. The number of hydrogen-bond donors (Lipinski definition) is 3. The molecule has 1 aliphatic carbocycles. The summed E-state index contributed by atoms with van der Waals surface area (Å²) in [7, 11) is 0.575. The number of rotatable bonds is 10. The number of nitrogens with zero attached hydrogens (tertiary/aromatic N) is 6. The Bertz CT molecular complexity index is 1250. The van der Waals surface area contributed by atoms with Gasteiger partial charge >= 0.3 is 6.09 Å². The van der Waals surface area contributed by atoms with Crippen LogP contribution in [0.15, 0.2) is 18.6 Å². The minimum Gasteiger partial charge on any atom is -0.474 e. The minimum atomic E-state index is -1.23. The van der Waals surface area contributed by atoms with Crippen molar-refractivity contribution in [3.63, 3.8) is 0 Å². The van der Waals surface area contributed by atoms with Gasteiger partial charge in [0.1, 0.15) is 18.9 Å². The van der Waals surface area contributed by atoms with Crippen molar-refractivity contribution >= 4 is 36.8 Å². The first-order valence-electron chi connectivity index (χ1n) is 11.4. The summed E-state index contributed by atoms with van der Waals surface area (Å²) < 4.78 is 15.5. The molecule has 1 saturated carbocycles. The number of fused-ring (bicyclic) bond motifs is 1. The number of ether oxygens (including phenoxy) is 2. The SMILES string of the molecule is Cn1cc(Nc2nc(OC3CC(NC(=O)O)C3)c3c(C#N)cn(COCC[Si](C)(C)C)c3n2)cn1. The van der Waals surface area contributed by atoms with Crippen molar-refractivity contribution in [2.45, 2.75) is 57.4 Å². The highest BCUT2D eigenvalue weighted by molar-refractivity contribution is 6.76. The molecule has 4 rings (SSSR count). The quantitative estimate of drug-likeness (QED) is 0.282. The largest absolute Gasteiger partial charge is 0.474 e. The fourth-order valence-corrected chi connectivity index (χ4v) is 4.50. The van der Waals surface area contributed by atoms with Crippen molar-refractivity contribution < 1.29 is 19.4 Å². The Morgan fingerprint density at radius 3 is 2.71 bits per heavy atom. The van der Waals surface area contributed by atoms with Gasteiger partial charge in [-0.25, -0.2) is 4.79 Å². The average Bonchev–Trinajstić information content (AvgIpc) is 3.31. The molecule has 0 bridgehead atoms. The van der Waals surface area contributed by atoms with E-state index < -0.39 is 14.2 Å². The highest BCUT2D eigenvalue weighted by atomic mass is 28.3. The van der Waals surface area contributed by atoms with Gasteiger partial charge in [-0.2, -0.15) is 20.3 Å². The van der Waals surface area contributed by atoms with E-state index in [1.807, 2.05) is 7.05 Å². The number of aryl methyl sites for hydroxylation is 1. The molecule has 0 aromatic carbocycles. The predicted octanol–water partition coefficient (Wildman–Crippen LogP) is 3.27. The van der Waals surface area contributed by atoms with Gasteiger partial charge in [0.2, 0.25) is 11.8 Å². The smallest absolute Gasteiger partial charge is 0.404 e. The molecule has 1 amide bonds. The van der Waals surface area contributed by atoms with Crippen molar-refractivity contribution in [1.29, 1.82) is 5.26 Å². The van der Waals surface area contributed by atoms with Crippen LogP contribution in [0.4, 0.5) is 16.4 Å². The number of amides is 1. The predicted molar refractivity (Wildman–Crippen MR) is 131 cm³/mol. The fraction of sp³-hybridized carbons (Fsp3) is 0.500. The number of carboxylic acid groups (broad SMARTS) is 1. The lowest BCUT2D eigenvalue weighted by Crippen LogP contribution is -2.48. The van der Waals surface area contributed by atoms with Crippen LogP contribution in [0, 0.1) is 11.3 Å². The standard InChI is InChI=1S/C22H30N8O4Si/c1-29-12-16(10-24-29)25-21-27-19-18(20(28-21)34-17-7-15(8-17)26-22(31)32)14(9-23)11-30(19)13-33-5-6-35(2,3)4/h10-12,15,17,26H,5-8,13H2,1-4H3,(H,31,32)(H,25,27,28). The van der Waals surface area contributed by atoms with Crippen LogP contribution in [0.3, 0.4) is 0 Å². The van der Waals surface area contributed by atoms with E-state index in [0.29, 0.717) is 47.7 Å². The van der Waals surface area contributed by atoms with Crippen LogP contribution in [0.2, 0.25) is 25.7 Å². The molecule has 0 aliphatic heterocycles. The second kappa shape index (κ2) is 9.93. The molecule has 3 N–H and O–H groups in total. The van der Waals surface area contributed by atoms with Gasteiger partial charge in [-0.3, -0.25) is 4.68 Å². The van der Waals surface area contributed by atoms with E-state index in [9.17, 15) is 10.1 Å². The summed E-state index contributed by atoms with van der Waals surface area (Å²) in [6, 6.07) is 3.07. The molecule has 0 saturated heterocycles. The summed E-state index contributed by atoms with van der Waals surface area (Å²) in [6.45, 7) is 7.75. The van der Waals surface area contributed by atoms with E-state index in [1.165, 1.54) is 0 Å². The first-order chi connectivity index (χ1) is 16.6. The van der Waals surface area contributed by atoms with Crippen molar-refractivity contribution in [2.24, 2.45) is 7.05 Å². The molecule has 0 atom stereocenters. The molecule has 3 heterocycles. The van der Waals surface area contributed by atoms with E-state index in [0.717, 1.165) is 6.04 Å². The highest BCUT2D eigenvalue weighted by Gasteiger charge is 2.33. The van der Waals surface area contributed by atoms with Gasteiger partial charge in [-0.05, 0) is 6.04 Å². The Hall–Kier alpha value is -3.63. The second-order valence-electron chi connectivity index (χ2n) is 9.91. The Morgan fingerprint density at radius 1 is 1.31 bits per heavy atom. The zero-order chi connectivity index (χ0) is 25.2. The van der Waals surface area contributed by atoms with Gasteiger partial charge in [0.15, 0.2) is 5.65 Å². The van der Waals surface area contributed by atoms with Crippen LogP contribution in [-0.4, -0.2) is 62.3 Å². The van der Waals surface area contributed by atoms with Crippen LogP contribution in [0.5, 0.6) is 5.88 Å². The maximum atomic E-state index is 10.9. The normalized spacial score (nSPS) is 17.6. The van der Waals surface area contributed by atoms with E-state index in [4.69, 9.17) is 14.6 Å². The number of nitriles is 1. The molecule has 3 aromatic rings. The van der Waals surface area contributed by atoms with Gasteiger partial charge in [-0.1, -0.05) is 19.6 Å². The Kier molecular flexibility index (Phi) is 6.95. The van der Waals surface area contributed by atoms with Gasteiger partial charge in [0.05, 0.1) is 22.8 Å². The number of anilines is 2. The van der Waals surface area contributed by atoms with E-state index >= 15 is 0 Å². The molecule has 3 aromatic heterocycles. The average molecular weight is 499 g/mol. The molecule has 0 spiro atoms. The summed E-state index contributed by atoms with van der Waals surface area (Å²) >= 11 is 0. The molecule has 186 valence electrons. The third-order valence-corrected chi connectivity index (χ3v) is 7.40. The number of aromatic nitrogens is 5. The number of nitrogens with one attached hydrogen (secondary N) is 2. The van der Waals surface area contributed by atoms with Crippen LogP contribution < -0.4 is 15.4 Å². The Labute approximate surface area is 203 Å². The van der Waals surface area contributed by atoms with Crippen LogP contribution >= 0.6 is 0 Å². The summed E-state index contributed by atoms with van der Waals surface area (Å²) in [6.07, 6.45) is 4.90. The van der Waals surface area contributed by atoms with E-state index in [1.54, 1.807) is 27.8 Å². The van der Waals surface area contributed by atoms with Crippen LogP contribution in [-0.2, 0) is 18.5 Å². The lowest BCUT2D eigenvalue weighted by atomic mass is 9.89. The molecule has 13 heteroatoms. The summed E-state index contributed by atoms with van der Waals surface area (Å²) in [5.41, 5.74) is 1.61. The molecular weight excluding hydrogens is 468 g/mol. The van der Waals surface area contributed by atoms with Crippen molar-refractivity contribution in [1.82, 2.24) is 29.6 Å². The van der Waals surface area contributed by atoms with Crippen molar-refractivity contribution in [3.05, 3.63) is 24.2 Å². The first-order valence-corrected chi connectivity index (χ1v) is 15.1. The van der Waals surface area contributed by atoms with Gasteiger partial charge < -0.3 is 29.8 Å². The van der Waals surface area contributed by atoms with Crippen molar-refractivity contribution in [3.8, 4) is 11.9 Å². The summed E-state index contributed by atoms with van der Waals surface area (Å²) in [5.74, 6) is 0.573. The third kappa shape index (κ3) is 6.09. The van der Waals surface area contributed by atoms with Gasteiger partial charge in [0, 0.05) is 53.0 Å². The monoisotopic (exact) mass is 498 g/mol. The second-order valence-corrected chi connectivity index (χ2v) is 15.5. The maximum absolute atomic E-state index is 10.9. The van der Waals surface area contributed by atoms with Crippen molar-refractivity contribution in [2.75, 3.05) is 11.9 Å². The fourth-order valence-electron chi connectivity index (χ4n) is 3.75. The molecule has 12 nitrogen and oxygen atoms in total. The lowest BCUT2D eigenvalue weighted by Gasteiger charge is -2.34. The van der Waals surface area contributed by atoms with E-state index in [-0.39, 0.29) is 24.8 Å². The van der Waals surface area contributed by atoms with Gasteiger partial charge in [0.25, 0.3) is 0 Å².